The average molecular weight is 431 g/mol. The Morgan fingerprint density at radius 1 is 1.03 bits per heavy atom. The maximum absolute atomic E-state index is 13.1. The lowest BCUT2D eigenvalue weighted by atomic mass is 10.1. The number of carbonyl (C=O) groups is 1. The summed E-state index contributed by atoms with van der Waals surface area (Å²) in [6.45, 7) is 8.02. The first kappa shape index (κ1) is 21.2. The van der Waals surface area contributed by atoms with Crippen molar-refractivity contribution in [1.29, 1.82) is 5.26 Å². The molecule has 1 aliphatic heterocycles. The maximum atomic E-state index is 13.1. The molecule has 1 aliphatic rings. The van der Waals surface area contributed by atoms with Crippen molar-refractivity contribution in [3.63, 3.8) is 0 Å². The van der Waals surface area contributed by atoms with E-state index in [4.69, 9.17) is 5.26 Å². The Morgan fingerprint density at radius 3 is 2.29 bits per heavy atom. The zero-order chi connectivity index (χ0) is 21.8. The third-order valence-corrected chi connectivity index (χ3v) is 6.94. The number of hydrogen-bond acceptors (Lipinski definition) is 5. The first-order valence-corrected chi connectivity index (χ1v) is 11.5. The molecule has 158 valence electrons. The molecule has 0 atom stereocenters. The molecule has 1 saturated heterocycles. The van der Waals surface area contributed by atoms with Gasteiger partial charge in [0.25, 0.3) is 5.91 Å². The first-order chi connectivity index (χ1) is 15.1. The Balaban J connectivity index is 1.38. The number of piperazine rings is 1. The predicted molar refractivity (Wildman–Crippen MR) is 124 cm³/mol. The lowest BCUT2D eigenvalue weighted by Gasteiger charge is -2.34. The number of benzene rings is 2. The molecule has 4 rings (SSSR count). The van der Waals surface area contributed by atoms with Crippen LogP contribution in [0.3, 0.4) is 0 Å². The maximum Gasteiger partial charge on any atom is 0.265 e. The van der Waals surface area contributed by atoms with Gasteiger partial charge in [-0.25, -0.2) is 4.98 Å². The molecule has 1 aromatic heterocycles. The Bertz CT molecular complexity index is 1090. The molecular weight excluding hydrogens is 404 g/mol. The van der Waals surface area contributed by atoms with Crippen molar-refractivity contribution in [2.24, 2.45) is 0 Å². The fourth-order valence-corrected chi connectivity index (χ4v) is 4.84. The normalized spacial score (nSPS) is 14.4. The van der Waals surface area contributed by atoms with Gasteiger partial charge in [-0.2, -0.15) is 5.26 Å². The van der Waals surface area contributed by atoms with Gasteiger partial charge in [-0.3, -0.25) is 9.69 Å². The molecule has 0 saturated carbocycles. The number of aromatic nitrogens is 1. The van der Waals surface area contributed by atoms with Crippen LogP contribution in [0.1, 0.15) is 39.0 Å². The Hall–Kier alpha value is -3.01. The van der Waals surface area contributed by atoms with E-state index in [1.807, 2.05) is 36.1 Å². The van der Waals surface area contributed by atoms with E-state index >= 15 is 0 Å². The second kappa shape index (κ2) is 9.42. The van der Waals surface area contributed by atoms with Gasteiger partial charge in [0.15, 0.2) is 0 Å². The van der Waals surface area contributed by atoms with Gasteiger partial charge in [-0.05, 0) is 36.6 Å². The van der Waals surface area contributed by atoms with Gasteiger partial charge < -0.3 is 4.90 Å². The van der Waals surface area contributed by atoms with Gasteiger partial charge in [0.2, 0.25) is 0 Å². The molecule has 0 unspecified atom stereocenters. The number of amides is 1. The molecule has 31 heavy (non-hydrogen) atoms. The average Bonchev–Trinajstić information content (AvgIpc) is 3.21. The Morgan fingerprint density at radius 2 is 1.68 bits per heavy atom. The molecule has 0 N–H and O–H groups in total. The highest BCUT2D eigenvalue weighted by atomic mass is 32.1. The SMILES string of the molecule is CCc1ccc(-c2nc(C)c(C(=O)N3CCN(Cc4ccc(C#N)cc4)CC3)s2)cc1. The van der Waals surface area contributed by atoms with Crippen molar-refractivity contribution in [3.8, 4) is 16.6 Å². The van der Waals surface area contributed by atoms with Gasteiger partial charge in [-0.1, -0.05) is 43.3 Å². The van der Waals surface area contributed by atoms with Crippen LogP contribution in [0.15, 0.2) is 48.5 Å². The number of hydrogen-bond donors (Lipinski definition) is 0. The van der Waals surface area contributed by atoms with Gasteiger partial charge >= 0.3 is 0 Å². The van der Waals surface area contributed by atoms with Gasteiger partial charge in [0.05, 0.1) is 17.3 Å². The van der Waals surface area contributed by atoms with Crippen LogP contribution >= 0.6 is 11.3 Å². The van der Waals surface area contributed by atoms with Crippen LogP contribution in [0.5, 0.6) is 0 Å². The summed E-state index contributed by atoms with van der Waals surface area (Å²) in [6.07, 6.45) is 1.01. The molecule has 2 heterocycles. The molecule has 0 aliphatic carbocycles. The molecule has 2 aromatic carbocycles. The smallest absolute Gasteiger partial charge is 0.265 e. The van der Waals surface area contributed by atoms with Crippen LogP contribution in [-0.4, -0.2) is 46.9 Å². The first-order valence-electron chi connectivity index (χ1n) is 10.6. The van der Waals surface area contributed by atoms with Crippen molar-refractivity contribution in [2.75, 3.05) is 26.2 Å². The Kier molecular flexibility index (Phi) is 6.45. The van der Waals surface area contributed by atoms with Crippen molar-refractivity contribution in [3.05, 3.63) is 75.8 Å². The number of nitrogens with zero attached hydrogens (tertiary/aromatic N) is 4. The molecule has 0 bridgehead atoms. The largest absolute Gasteiger partial charge is 0.335 e. The zero-order valence-electron chi connectivity index (χ0n) is 18.0. The van der Waals surface area contributed by atoms with Crippen LogP contribution in [0.25, 0.3) is 10.6 Å². The van der Waals surface area contributed by atoms with Crippen LogP contribution in [0, 0.1) is 18.3 Å². The summed E-state index contributed by atoms with van der Waals surface area (Å²) < 4.78 is 0. The lowest BCUT2D eigenvalue weighted by Crippen LogP contribution is -2.48. The number of nitriles is 1. The topological polar surface area (TPSA) is 60.2 Å². The highest BCUT2D eigenvalue weighted by molar-refractivity contribution is 7.17. The highest BCUT2D eigenvalue weighted by Crippen LogP contribution is 2.29. The van der Waals surface area contributed by atoms with Gasteiger partial charge in [0.1, 0.15) is 9.88 Å². The zero-order valence-corrected chi connectivity index (χ0v) is 18.8. The third-order valence-electron chi connectivity index (χ3n) is 5.75. The summed E-state index contributed by atoms with van der Waals surface area (Å²) in [5.41, 5.74) is 5.05. The lowest BCUT2D eigenvalue weighted by molar-refractivity contribution is 0.0632. The van der Waals surface area contributed by atoms with Crippen molar-refractivity contribution < 1.29 is 4.79 Å². The number of carbonyl (C=O) groups excluding carboxylic acids is 1. The summed E-state index contributed by atoms with van der Waals surface area (Å²) in [4.78, 5) is 22.9. The second-order valence-electron chi connectivity index (χ2n) is 7.86. The minimum atomic E-state index is 0.0875. The monoisotopic (exact) mass is 430 g/mol. The summed E-state index contributed by atoms with van der Waals surface area (Å²) in [5, 5.41) is 9.84. The molecule has 1 amide bonds. The third kappa shape index (κ3) is 4.84. The number of rotatable bonds is 5. The fraction of sp³-hybridized carbons (Fsp3) is 0.320. The van der Waals surface area contributed by atoms with Crippen LogP contribution in [0.4, 0.5) is 0 Å². The van der Waals surface area contributed by atoms with Crippen LogP contribution in [-0.2, 0) is 13.0 Å². The number of thiazole rings is 1. The molecule has 1 fully saturated rings. The van der Waals surface area contributed by atoms with Gasteiger partial charge in [-0.15, -0.1) is 11.3 Å². The van der Waals surface area contributed by atoms with E-state index in [-0.39, 0.29) is 5.91 Å². The summed E-state index contributed by atoms with van der Waals surface area (Å²) in [7, 11) is 0. The summed E-state index contributed by atoms with van der Waals surface area (Å²) in [5.74, 6) is 0.0875. The molecule has 0 radical (unpaired) electrons. The van der Waals surface area contributed by atoms with Crippen LogP contribution in [0.2, 0.25) is 0 Å². The molecule has 0 spiro atoms. The molecule has 6 heteroatoms. The minimum Gasteiger partial charge on any atom is -0.335 e. The quantitative estimate of drug-likeness (QED) is 0.598. The van der Waals surface area contributed by atoms with E-state index in [1.165, 1.54) is 22.5 Å². The highest BCUT2D eigenvalue weighted by Gasteiger charge is 2.25. The summed E-state index contributed by atoms with van der Waals surface area (Å²) in [6, 6.07) is 18.3. The van der Waals surface area contributed by atoms with E-state index in [0.717, 1.165) is 47.2 Å². The summed E-state index contributed by atoms with van der Waals surface area (Å²) >= 11 is 1.49. The van der Waals surface area contributed by atoms with Crippen LogP contribution < -0.4 is 0 Å². The minimum absolute atomic E-state index is 0.0875. The van der Waals surface area contributed by atoms with Crippen molar-refractivity contribution >= 4 is 17.2 Å². The van der Waals surface area contributed by atoms with E-state index < -0.39 is 0 Å². The Labute approximate surface area is 187 Å². The van der Waals surface area contributed by atoms with E-state index in [0.29, 0.717) is 18.7 Å². The number of aryl methyl sites for hydroxylation is 2. The van der Waals surface area contributed by atoms with Crippen molar-refractivity contribution in [2.45, 2.75) is 26.8 Å². The van der Waals surface area contributed by atoms with E-state index in [9.17, 15) is 4.79 Å². The molecule has 3 aromatic rings. The molecular formula is C25H26N4OS. The molecule has 5 nitrogen and oxygen atoms in total. The van der Waals surface area contributed by atoms with Gasteiger partial charge in [0, 0.05) is 38.3 Å². The standard InChI is InChI=1S/C25H26N4OS/c1-3-19-8-10-22(11-9-19)24-27-18(2)23(31-24)25(30)29-14-12-28(13-15-29)17-21-6-4-20(16-26)5-7-21/h4-11H,3,12-15,17H2,1-2H3. The van der Waals surface area contributed by atoms with E-state index in [2.05, 4.69) is 47.1 Å². The second-order valence-corrected chi connectivity index (χ2v) is 8.86. The van der Waals surface area contributed by atoms with Crippen molar-refractivity contribution in [1.82, 2.24) is 14.8 Å². The fourth-order valence-electron chi connectivity index (χ4n) is 3.80. The predicted octanol–water partition coefficient (Wildman–Crippen LogP) is 4.51. The van der Waals surface area contributed by atoms with E-state index in [1.54, 1.807) is 0 Å².